The number of carbonyl (C=O) groups is 1. The van der Waals surface area contributed by atoms with Gasteiger partial charge in [0.05, 0.1) is 4.92 Å². The molecule has 1 N–H and O–H groups in total. The molecule has 0 spiro atoms. The fraction of sp³-hybridized carbons (Fsp3) is 0. The third-order valence-electron chi connectivity index (χ3n) is 2.76. The molecule has 110 valence electrons. The van der Waals surface area contributed by atoms with Gasteiger partial charge in [-0.15, -0.1) is 0 Å². The number of hydrogen-bond acceptors (Lipinski definition) is 4. The van der Waals surface area contributed by atoms with Crippen LogP contribution in [0, 0.1) is 10.1 Å². The maximum Gasteiger partial charge on any atom is 0.282 e. The van der Waals surface area contributed by atoms with Crippen LogP contribution in [0.3, 0.4) is 0 Å². The molecule has 0 atom stereocenters. The Morgan fingerprint density at radius 2 is 1.77 bits per heavy atom. The van der Waals surface area contributed by atoms with E-state index in [0.717, 1.165) is 5.56 Å². The number of nitro benzene ring substituents is 1. The van der Waals surface area contributed by atoms with Gasteiger partial charge in [0.15, 0.2) is 0 Å². The lowest BCUT2D eigenvalue weighted by Crippen LogP contribution is -2.18. The van der Waals surface area contributed by atoms with E-state index >= 15 is 0 Å². The number of carbonyl (C=O) groups excluding carboxylic acids is 1. The lowest BCUT2D eigenvalue weighted by Gasteiger charge is -2.00. The largest absolute Gasteiger partial charge is 0.282 e. The van der Waals surface area contributed by atoms with Crippen LogP contribution in [0.25, 0.3) is 6.08 Å². The fourth-order valence-electron chi connectivity index (χ4n) is 1.74. The Bertz CT molecular complexity index is 724. The van der Waals surface area contributed by atoms with Crippen LogP contribution in [-0.4, -0.2) is 17.0 Å². The highest BCUT2D eigenvalue weighted by Gasteiger charge is 2.18. The number of rotatable bonds is 5. The van der Waals surface area contributed by atoms with Crippen molar-refractivity contribution in [1.82, 2.24) is 5.43 Å². The molecule has 0 saturated carbocycles. The number of amides is 1. The van der Waals surface area contributed by atoms with Gasteiger partial charge in [-0.2, -0.15) is 5.10 Å². The number of nitrogens with one attached hydrogen (secondary N) is 1. The summed E-state index contributed by atoms with van der Waals surface area (Å²) in [4.78, 5) is 22.1. The van der Waals surface area contributed by atoms with Crippen LogP contribution in [0.15, 0.2) is 65.8 Å². The minimum Gasteiger partial charge on any atom is -0.267 e. The molecule has 0 bridgehead atoms. The van der Waals surface area contributed by atoms with Crippen molar-refractivity contribution in [2.75, 3.05) is 0 Å². The lowest BCUT2D eigenvalue weighted by atomic mass is 10.2. The van der Waals surface area contributed by atoms with Gasteiger partial charge < -0.3 is 0 Å². The summed E-state index contributed by atoms with van der Waals surface area (Å²) < 4.78 is 0. The quantitative estimate of drug-likeness (QED) is 0.522. The summed E-state index contributed by atoms with van der Waals surface area (Å²) in [6.45, 7) is 0. The molecule has 0 aliphatic carbocycles. The second-order valence-corrected chi connectivity index (χ2v) is 4.26. The highest BCUT2D eigenvalue weighted by molar-refractivity contribution is 5.98. The van der Waals surface area contributed by atoms with Crippen LogP contribution in [0.4, 0.5) is 5.69 Å². The number of nitro groups is 1. The highest BCUT2D eigenvalue weighted by atomic mass is 16.6. The Morgan fingerprint density at radius 3 is 2.50 bits per heavy atom. The third-order valence-corrected chi connectivity index (χ3v) is 2.76. The van der Waals surface area contributed by atoms with Crippen LogP contribution in [0.2, 0.25) is 0 Å². The molecule has 0 aliphatic heterocycles. The van der Waals surface area contributed by atoms with Crippen molar-refractivity contribution in [3.63, 3.8) is 0 Å². The maximum absolute atomic E-state index is 11.8. The van der Waals surface area contributed by atoms with Crippen molar-refractivity contribution in [1.29, 1.82) is 0 Å². The van der Waals surface area contributed by atoms with Crippen molar-refractivity contribution >= 4 is 23.9 Å². The van der Waals surface area contributed by atoms with E-state index in [-0.39, 0.29) is 11.3 Å². The van der Waals surface area contributed by atoms with E-state index in [1.165, 1.54) is 24.4 Å². The number of hydrogen-bond donors (Lipinski definition) is 1. The van der Waals surface area contributed by atoms with E-state index in [0.29, 0.717) is 0 Å². The van der Waals surface area contributed by atoms with Gasteiger partial charge in [0.25, 0.3) is 11.6 Å². The van der Waals surface area contributed by atoms with Gasteiger partial charge in [0.1, 0.15) is 5.56 Å². The Labute approximate surface area is 126 Å². The highest BCUT2D eigenvalue weighted by Crippen LogP contribution is 2.17. The molecule has 0 fully saturated rings. The molecule has 2 aromatic carbocycles. The number of nitrogens with zero attached hydrogens (tertiary/aromatic N) is 2. The molecular weight excluding hydrogens is 282 g/mol. The first-order valence-electron chi connectivity index (χ1n) is 6.47. The van der Waals surface area contributed by atoms with Crippen LogP contribution >= 0.6 is 0 Å². The fourth-order valence-corrected chi connectivity index (χ4v) is 1.74. The summed E-state index contributed by atoms with van der Waals surface area (Å²) in [5.74, 6) is -0.628. The topological polar surface area (TPSA) is 84.6 Å². The Balaban J connectivity index is 1.97. The van der Waals surface area contributed by atoms with Crippen LogP contribution in [-0.2, 0) is 0 Å². The molecule has 0 aromatic heterocycles. The Hall–Kier alpha value is -3.28. The smallest absolute Gasteiger partial charge is 0.267 e. The van der Waals surface area contributed by atoms with E-state index in [1.807, 2.05) is 36.4 Å². The Morgan fingerprint density at radius 1 is 1.09 bits per heavy atom. The van der Waals surface area contributed by atoms with Gasteiger partial charge in [-0.05, 0) is 17.7 Å². The van der Waals surface area contributed by atoms with E-state index in [2.05, 4.69) is 10.5 Å². The first kappa shape index (κ1) is 15.1. The summed E-state index contributed by atoms with van der Waals surface area (Å²) in [5.41, 5.74) is 2.97. The number of para-hydroxylation sites is 1. The molecule has 0 radical (unpaired) electrons. The molecule has 0 unspecified atom stereocenters. The minimum absolute atomic E-state index is 0.0308. The normalized spacial score (nSPS) is 10.9. The zero-order chi connectivity index (χ0) is 15.8. The number of hydrazone groups is 1. The van der Waals surface area contributed by atoms with Crippen molar-refractivity contribution in [2.45, 2.75) is 0 Å². The standard InChI is InChI=1S/C16H13N3O3/c20-16(14-10-4-5-11-15(14)19(21)22)18-17-12-6-9-13-7-2-1-3-8-13/h1-12H,(H,18,20). The zero-order valence-corrected chi connectivity index (χ0v) is 11.5. The first-order valence-corrected chi connectivity index (χ1v) is 6.47. The van der Waals surface area contributed by atoms with E-state index in [9.17, 15) is 14.9 Å². The van der Waals surface area contributed by atoms with E-state index in [1.54, 1.807) is 12.1 Å². The minimum atomic E-state index is -0.628. The van der Waals surface area contributed by atoms with Crippen molar-refractivity contribution in [3.8, 4) is 0 Å². The van der Waals surface area contributed by atoms with Crippen LogP contribution in [0.1, 0.15) is 15.9 Å². The molecule has 6 heteroatoms. The second kappa shape index (κ2) is 7.49. The summed E-state index contributed by atoms with van der Waals surface area (Å²) in [5, 5.41) is 14.6. The molecule has 0 aliphatic rings. The van der Waals surface area contributed by atoms with Crippen LogP contribution < -0.4 is 5.43 Å². The summed E-state index contributed by atoms with van der Waals surface area (Å²) >= 11 is 0. The molecule has 2 rings (SSSR count). The molecule has 1 amide bonds. The van der Waals surface area contributed by atoms with Gasteiger partial charge in [-0.25, -0.2) is 5.43 Å². The molecular formula is C16H13N3O3. The number of benzene rings is 2. The summed E-state index contributed by atoms with van der Waals surface area (Å²) in [6, 6.07) is 15.3. The predicted molar refractivity (Wildman–Crippen MR) is 84.5 cm³/mol. The van der Waals surface area contributed by atoms with Gasteiger partial charge in [-0.3, -0.25) is 14.9 Å². The van der Waals surface area contributed by atoms with Crippen molar-refractivity contribution < 1.29 is 9.72 Å². The summed E-state index contributed by atoms with van der Waals surface area (Å²) in [7, 11) is 0. The van der Waals surface area contributed by atoms with Gasteiger partial charge >= 0.3 is 0 Å². The predicted octanol–water partition coefficient (Wildman–Crippen LogP) is 3.02. The summed E-state index contributed by atoms with van der Waals surface area (Å²) in [6.07, 6.45) is 4.88. The van der Waals surface area contributed by atoms with Gasteiger partial charge in [-0.1, -0.05) is 48.5 Å². The monoisotopic (exact) mass is 295 g/mol. The zero-order valence-electron chi connectivity index (χ0n) is 11.5. The average Bonchev–Trinajstić information content (AvgIpc) is 2.55. The molecule has 6 nitrogen and oxygen atoms in total. The van der Waals surface area contributed by atoms with E-state index < -0.39 is 10.8 Å². The molecule has 0 saturated heterocycles. The van der Waals surface area contributed by atoms with Crippen molar-refractivity contribution in [3.05, 3.63) is 81.9 Å². The average molecular weight is 295 g/mol. The molecule has 22 heavy (non-hydrogen) atoms. The number of allylic oxidation sites excluding steroid dienone is 1. The molecule has 2 aromatic rings. The third kappa shape index (κ3) is 4.11. The van der Waals surface area contributed by atoms with Gasteiger partial charge in [0.2, 0.25) is 0 Å². The Kier molecular flexibility index (Phi) is 5.15. The maximum atomic E-state index is 11.8. The SMILES string of the molecule is O=C(NN=CC=Cc1ccccc1)c1ccccc1[N+](=O)[O-]. The first-order chi connectivity index (χ1) is 10.7. The van der Waals surface area contributed by atoms with Gasteiger partial charge in [0, 0.05) is 12.3 Å². The molecule has 0 heterocycles. The second-order valence-electron chi connectivity index (χ2n) is 4.26. The van der Waals surface area contributed by atoms with E-state index in [4.69, 9.17) is 0 Å². The van der Waals surface area contributed by atoms with Crippen molar-refractivity contribution in [2.24, 2.45) is 5.10 Å². The lowest BCUT2D eigenvalue weighted by molar-refractivity contribution is -0.385. The van der Waals surface area contributed by atoms with Crippen LogP contribution in [0.5, 0.6) is 0 Å².